The van der Waals surface area contributed by atoms with Gasteiger partial charge in [-0.15, -0.1) is 0 Å². The molecular formula is C15H13ClO3. The Balaban J connectivity index is 2.14. The predicted molar refractivity (Wildman–Crippen MR) is 73.8 cm³/mol. The molecule has 2 aromatic carbocycles. The third-order valence-corrected chi connectivity index (χ3v) is 3.08. The minimum atomic E-state index is -0.955. The molecule has 0 heterocycles. The number of ether oxygens (including phenoxy) is 1. The third-order valence-electron chi connectivity index (χ3n) is 2.74. The van der Waals surface area contributed by atoms with Crippen molar-refractivity contribution in [1.82, 2.24) is 0 Å². The van der Waals surface area contributed by atoms with E-state index in [2.05, 4.69) is 0 Å². The van der Waals surface area contributed by atoms with Gasteiger partial charge in [-0.1, -0.05) is 48.0 Å². The number of benzene rings is 2. The Morgan fingerprint density at radius 1 is 1.11 bits per heavy atom. The quantitative estimate of drug-likeness (QED) is 0.908. The fourth-order valence-electron chi connectivity index (χ4n) is 1.75. The van der Waals surface area contributed by atoms with Gasteiger partial charge >= 0.3 is 5.97 Å². The SMILES string of the molecule is O=C(O)C(COc1ccccc1)c1ccccc1Cl. The van der Waals surface area contributed by atoms with Crippen LogP contribution in [0.3, 0.4) is 0 Å². The second-order valence-electron chi connectivity index (χ2n) is 4.04. The Labute approximate surface area is 116 Å². The maximum Gasteiger partial charge on any atom is 0.314 e. The summed E-state index contributed by atoms with van der Waals surface area (Å²) < 4.78 is 5.50. The average Bonchev–Trinajstić information content (AvgIpc) is 2.42. The summed E-state index contributed by atoms with van der Waals surface area (Å²) in [6.45, 7) is 0.0447. The van der Waals surface area contributed by atoms with E-state index in [1.165, 1.54) is 0 Å². The number of rotatable bonds is 5. The monoisotopic (exact) mass is 276 g/mol. The van der Waals surface area contributed by atoms with Crippen molar-refractivity contribution in [3.05, 3.63) is 65.2 Å². The number of carbonyl (C=O) groups is 1. The van der Waals surface area contributed by atoms with E-state index < -0.39 is 11.9 Å². The van der Waals surface area contributed by atoms with E-state index in [4.69, 9.17) is 16.3 Å². The fraction of sp³-hybridized carbons (Fsp3) is 0.133. The lowest BCUT2D eigenvalue weighted by Crippen LogP contribution is -2.19. The summed E-state index contributed by atoms with van der Waals surface area (Å²) in [5.41, 5.74) is 0.563. The van der Waals surface area contributed by atoms with Crippen molar-refractivity contribution in [2.24, 2.45) is 0 Å². The summed E-state index contributed by atoms with van der Waals surface area (Å²) in [6.07, 6.45) is 0. The van der Waals surface area contributed by atoms with Crippen LogP contribution in [-0.4, -0.2) is 17.7 Å². The molecule has 0 spiro atoms. The van der Waals surface area contributed by atoms with Gasteiger partial charge in [-0.05, 0) is 23.8 Å². The smallest absolute Gasteiger partial charge is 0.314 e. The zero-order valence-corrected chi connectivity index (χ0v) is 10.9. The topological polar surface area (TPSA) is 46.5 Å². The molecule has 2 rings (SSSR count). The molecular weight excluding hydrogens is 264 g/mol. The van der Waals surface area contributed by atoms with Gasteiger partial charge < -0.3 is 9.84 Å². The summed E-state index contributed by atoms with van der Waals surface area (Å²) in [6, 6.07) is 16.0. The van der Waals surface area contributed by atoms with Crippen molar-refractivity contribution in [2.45, 2.75) is 5.92 Å². The number of hydrogen-bond acceptors (Lipinski definition) is 2. The highest BCUT2D eigenvalue weighted by Gasteiger charge is 2.22. The summed E-state index contributed by atoms with van der Waals surface area (Å²) in [5.74, 6) is -1.10. The molecule has 3 nitrogen and oxygen atoms in total. The normalized spacial score (nSPS) is 11.8. The average molecular weight is 277 g/mol. The Morgan fingerprint density at radius 2 is 1.74 bits per heavy atom. The molecule has 0 aromatic heterocycles. The molecule has 2 aromatic rings. The number of carboxylic acids is 1. The predicted octanol–water partition coefficient (Wildman–Crippen LogP) is 3.59. The summed E-state index contributed by atoms with van der Waals surface area (Å²) in [4.78, 5) is 11.3. The van der Waals surface area contributed by atoms with Crippen LogP contribution in [0.25, 0.3) is 0 Å². The summed E-state index contributed by atoms with van der Waals surface area (Å²) in [5, 5.41) is 9.73. The van der Waals surface area contributed by atoms with Crippen LogP contribution in [0.15, 0.2) is 54.6 Å². The minimum Gasteiger partial charge on any atom is -0.492 e. The van der Waals surface area contributed by atoms with Crippen molar-refractivity contribution in [2.75, 3.05) is 6.61 Å². The highest BCUT2D eigenvalue weighted by Crippen LogP contribution is 2.25. The lowest BCUT2D eigenvalue weighted by Gasteiger charge is -2.15. The number of halogens is 1. The molecule has 1 unspecified atom stereocenters. The number of hydrogen-bond donors (Lipinski definition) is 1. The van der Waals surface area contributed by atoms with Crippen LogP contribution in [0.1, 0.15) is 11.5 Å². The molecule has 0 aliphatic rings. The highest BCUT2D eigenvalue weighted by molar-refractivity contribution is 6.31. The lowest BCUT2D eigenvalue weighted by molar-refractivity contribution is -0.139. The van der Waals surface area contributed by atoms with Crippen LogP contribution in [-0.2, 0) is 4.79 Å². The van der Waals surface area contributed by atoms with Crippen molar-refractivity contribution in [1.29, 1.82) is 0 Å². The molecule has 0 bridgehead atoms. The zero-order chi connectivity index (χ0) is 13.7. The Morgan fingerprint density at radius 3 is 2.37 bits per heavy atom. The minimum absolute atomic E-state index is 0.0447. The van der Waals surface area contributed by atoms with Crippen molar-refractivity contribution < 1.29 is 14.6 Å². The van der Waals surface area contributed by atoms with Crippen LogP contribution in [0, 0.1) is 0 Å². The van der Waals surface area contributed by atoms with Gasteiger partial charge in [0.05, 0.1) is 0 Å². The van der Waals surface area contributed by atoms with Crippen LogP contribution in [0.4, 0.5) is 0 Å². The van der Waals surface area contributed by atoms with Crippen molar-refractivity contribution in [3.8, 4) is 5.75 Å². The lowest BCUT2D eigenvalue weighted by atomic mass is 10.0. The maximum atomic E-state index is 11.3. The fourth-order valence-corrected chi connectivity index (χ4v) is 2.02. The van der Waals surface area contributed by atoms with Gasteiger partial charge in [0.25, 0.3) is 0 Å². The summed E-state index contributed by atoms with van der Waals surface area (Å²) >= 11 is 6.03. The molecule has 0 aliphatic heterocycles. The molecule has 0 saturated carbocycles. The van der Waals surface area contributed by atoms with Gasteiger partial charge in [0.15, 0.2) is 0 Å². The molecule has 0 fully saturated rings. The largest absolute Gasteiger partial charge is 0.492 e. The number of aliphatic carboxylic acids is 1. The van der Waals surface area contributed by atoms with Gasteiger partial charge in [0, 0.05) is 5.02 Å². The van der Waals surface area contributed by atoms with Crippen molar-refractivity contribution >= 4 is 17.6 Å². The van der Waals surface area contributed by atoms with Crippen LogP contribution in [0.5, 0.6) is 5.75 Å². The first-order valence-corrected chi connectivity index (χ1v) is 6.21. The maximum absolute atomic E-state index is 11.3. The highest BCUT2D eigenvalue weighted by atomic mass is 35.5. The number of carboxylic acid groups (broad SMARTS) is 1. The molecule has 4 heteroatoms. The Kier molecular flexibility index (Phi) is 4.42. The van der Waals surface area contributed by atoms with Crippen LogP contribution >= 0.6 is 11.6 Å². The van der Waals surface area contributed by atoms with E-state index in [-0.39, 0.29) is 6.61 Å². The summed E-state index contributed by atoms with van der Waals surface area (Å²) in [7, 11) is 0. The zero-order valence-electron chi connectivity index (χ0n) is 10.1. The first kappa shape index (κ1) is 13.4. The molecule has 1 N–H and O–H groups in total. The van der Waals surface area contributed by atoms with Crippen LogP contribution < -0.4 is 4.74 Å². The van der Waals surface area contributed by atoms with E-state index in [9.17, 15) is 9.90 Å². The Bertz CT molecular complexity index is 554. The first-order chi connectivity index (χ1) is 9.18. The third kappa shape index (κ3) is 3.48. The molecule has 98 valence electrons. The van der Waals surface area contributed by atoms with Gasteiger partial charge in [-0.3, -0.25) is 4.79 Å². The van der Waals surface area contributed by atoms with E-state index in [0.29, 0.717) is 16.3 Å². The van der Waals surface area contributed by atoms with Gasteiger partial charge in [-0.2, -0.15) is 0 Å². The molecule has 0 aliphatic carbocycles. The van der Waals surface area contributed by atoms with E-state index in [1.54, 1.807) is 36.4 Å². The molecule has 0 amide bonds. The second kappa shape index (κ2) is 6.25. The Hall–Kier alpha value is -2.00. The second-order valence-corrected chi connectivity index (χ2v) is 4.44. The molecule has 0 saturated heterocycles. The number of para-hydroxylation sites is 1. The van der Waals surface area contributed by atoms with E-state index >= 15 is 0 Å². The van der Waals surface area contributed by atoms with Gasteiger partial charge in [0.2, 0.25) is 0 Å². The van der Waals surface area contributed by atoms with E-state index in [1.807, 2.05) is 18.2 Å². The first-order valence-electron chi connectivity index (χ1n) is 5.83. The molecule has 1 atom stereocenters. The van der Waals surface area contributed by atoms with Gasteiger partial charge in [0.1, 0.15) is 18.3 Å². The molecule has 0 radical (unpaired) electrons. The van der Waals surface area contributed by atoms with Crippen molar-refractivity contribution in [3.63, 3.8) is 0 Å². The van der Waals surface area contributed by atoms with Crippen LogP contribution in [0.2, 0.25) is 5.02 Å². The standard InChI is InChI=1S/C15H13ClO3/c16-14-9-5-4-8-12(14)13(15(17)18)10-19-11-6-2-1-3-7-11/h1-9,13H,10H2,(H,17,18). The van der Waals surface area contributed by atoms with E-state index in [0.717, 1.165) is 0 Å². The molecule has 19 heavy (non-hydrogen) atoms. The van der Waals surface area contributed by atoms with Gasteiger partial charge in [-0.25, -0.2) is 0 Å².